The highest BCUT2D eigenvalue weighted by atomic mass is 16.5. The first-order chi connectivity index (χ1) is 15.1. The Labute approximate surface area is 183 Å². The zero-order valence-corrected chi connectivity index (χ0v) is 18.3. The maximum atomic E-state index is 13.7. The van der Waals surface area contributed by atoms with Crippen LogP contribution in [-0.2, 0) is 16.1 Å². The molecular weight excluding hydrogens is 392 g/mol. The van der Waals surface area contributed by atoms with Gasteiger partial charge in [-0.15, -0.1) is 0 Å². The minimum Gasteiger partial charge on any atom is -0.497 e. The van der Waals surface area contributed by atoms with E-state index in [2.05, 4.69) is 0 Å². The summed E-state index contributed by atoms with van der Waals surface area (Å²) in [7, 11) is 3.24. The van der Waals surface area contributed by atoms with Crippen molar-refractivity contribution in [1.82, 2.24) is 9.80 Å². The molecule has 31 heavy (non-hydrogen) atoms. The molecule has 1 aliphatic heterocycles. The summed E-state index contributed by atoms with van der Waals surface area (Å²) in [6.07, 6.45) is 5.40. The van der Waals surface area contributed by atoms with Gasteiger partial charge in [0.05, 0.1) is 14.2 Å². The number of hydrogen-bond acceptors (Lipinski definition) is 4. The van der Waals surface area contributed by atoms with Crippen molar-refractivity contribution < 1.29 is 19.1 Å². The third-order valence-corrected chi connectivity index (χ3v) is 6.41. The molecule has 6 heteroatoms. The highest BCUT2D eigenvalue weighted by Crippen LogP contribution is 2.34. The normalized spacial score (nSPS) is 20.1. The predicted octanol–water partition coefficient (Wildman–Crippen LogP) is 3.95. The third kappa shape index (κ3) is 4.53. The van der Waals surface area contributed by atoms with Crippen LogP contribution in [0.15, 0.2) is 48.5 Å². The zero-order valence-electron chi connectivity index (χ0n) is 18.3. The number of amides is 2. The quantitative estimate of drug-likeness (QED) is 0.707. The van der Waals surface area contributed by atoms with Crippen LogP contribution < -0.4 is 9.47 Å². The zero-order chi connectivity index (χ0) is 21.8. The molecule has 1 atom stereocenters. The summed E-state index contributed by atoms with van der Waals surface area (Å²) in [5.74, 6) is 1.50. The van der Waals surface area contributed by atoms with Gasteiger partial charge in [-0.1, -0.05) is 43.5 Å². The van der Waals surface area contributed by atoms with Crippen LogP contribution in [0.4, 0.5) is 0 Å². The van der Waals surface area contributed by atoms with Crippen LogP contribution in [0.3, 0.4) is 0 Å². The lowest BCUT2D eigenvalue weighted by atomic mass is 9.91. The Morgan fingerprint density at radius 2 is 1.42 bits per heavy atom. The summed E-state index contributed by atoms with van der Waals surface area (Å²) < 4.78 is 10.5. The second-order valence-electron chi connectivity index (χ2n) is 8.30. The number of hydrogen-bond donors (Lipinski definition) is 0. The maximum absolute atomic E-state index is 13.7. The fourth-order valence-electron chi connectivity index (χ4n) is 4.67. The lowest BCUT2D eigenvalue weighted by molar-refractivity contribution is -0.160. The molecule has 4 rings (SSSR count). The molecule has 1 unspecified atom stereocenters. The molecule has 0 aromatic heterocycles. The minimum absolute atomic E-state index is 0.0122. The first-order valence-corrected chi connectivity index (χ1v) is 11.0. The first-order valence-electron chi connectivity index (χ1n) is 11.0. The van der Waals surface area contributed by atoms with Crippen LogP contribution in [0.2, 0.25) is 0 Å². The van der Waals surface area contributed by atoms with Gasteiger partial charge in [0, 0.05) is 12.6 Å². The molecule has 1 saturated heterocycles. The summed E-state index contributed by atoms with van der Waals surface area (Å²) in [5.41, 5.74) is 1.78. The van der Waals surface area contributed by atoms with E-state index in [0.29, 0.717) is 6.54 Å². The number of nitrogens with zero attached hydrogens (tertiary/aromatic N) is 2. The van der Waals surface area contributed by atoms with Crippen molar-refractivity contribution in [1.29, 1.82) is 0 Å². The Hall–Kier alpha value is -3.02. The highest BCUT2D eigenvalue weighted by Gasteiger charge is 2.42. The van der Waals surface area contributed by atoms with E-state index in [1.54, 1.807) is 19.1 Å². The van der Waals surface area contributed by atoms with Gasteiger partial charge in [-0.2, -0.15) is 0 Å². The summed E-state index contributed by atoms with van der Waals surface area (Å²) in [6.45, 7) is 0.538. The van der Waals surface area contributed by atoms with Gasteiger partial charge in [0.15, 0.2) is 0 Å². The number of piperazine rings is 1. The van der Waals surface area contributed by atoms with Gasteiger partial charge in [0.1, 0.15) is 24.1 Å². The second kappa shape index (κ2) is 9.41. The lowest BCUT2D eigenvalue weighted by Crippen LogP contribution is -2.58. The van der Waals surface area contributed by atoms with Crippen molar-refractivity contribution in [3.8, 4) is 11.5 Å². The molecule has 1 heterocycles. The fourth-order valence-corrected chi connectivity index (χ4v) is 4.67. The molecule has 0 bridgehead atoms. The highest BCUT2D eigenvalue weighted by molar-refractivity contribution is 5.95. The topological polar surface area (TPSA) is 59.1 Å². The molecule has 6 nitrogen and oxygen atoms in total. The Morgan fingerprint density at radius 3 is 2.00 bits per heavy atom. The van der Waals surface area contributed by atoms with Crippen molar-refractivity contribution in [3.63, 3.8) is 0 Å². The summed E-state index contributed by atoms with van der Waals surface area (Å²) in [4.78, 5) is 30.6. The summed E-state index contributed by atoms with van der Waals surface area (Å²) >= 11 is 0. The van der Waals surface area contributed by atoms with E-state index in [1.165, 1.54) is 6.42 Å². The molecule has 1 saturated carbocycles. The number of rotatable bonds is 6. The van der Waals surface area contributed by atoms with E-state index in [0.717, 1.165) is 48.3 Å². The van der Waals surface area contributed by atoms with E-state index in [1.807, 2.05) is 53.4 Å². The second-order valence-corrected chi connectivity index (χ2v) is 8.30. The molecule has 2 amide bonds. The van der Waals surface area contributed by atoms with Crippen LogP contribution in [0.5, 0.6) is 11.5 Å². The molecular formula is C25H30N2O4. The molecule has 164 valence electrons. The monoisotopic (exact) mass is 422 g/mol. The van der Waals surface area contributed by atoms with Crippen LogP contribution >= 0.6 is 0 Å². The van der Waals surface area contributed by atoms with E-state index >= 15 is 0 Å². The van der Waals surface area contributed by atoms with E-state index in [9.17, 15) is 9.59 Å². The van der Waals surface area contributed by atoms with Crippen molar-refractivity contribution in [2.24, 2.45) is 0 Å². The summed E-state index contributed by atoms with van der Waals surface area (Å²) in [6, 6.07) is 14.6. The standard InChI is InChI=1S/C25H30N2O4/c1-30-21-12-8-18(9-13-21)16-27-23(28)17-26(20-6-4-3-5-7-20)25(29)24(27)19-10-14-22(31-2)15-11-19/h8-15,20,24H,3-7,16-17H2,1-2H3. The van der Waals surface area contributed by atoms with Gasteiger partial charge in [-0.3, -0.25) is 9.59 Å². The van der Waals surface area contributed by atoms with Crippen molar-refractivity contribution in [3.05, 3.63) is 59.7 Å². The number of carbonyl (C=O) groups is 2. The smallest absolute Gasteiger partial charge is 0.250 e. The van der Waals surface area contributed by atoms with Crippen LogP contribution in [0.1, 0.15) is 49.3 Å². The molecule has 2 fully saturated rings. The number of methoxy groups -OCH3 is 2. The number of benzene rings is 2. The largest absolute Gasteiger partial charge is 0.497 e. The Balaban J connectivity index is 1.65. The average Bonchev–Trinajstić information content (AvgIpc) is 2.82. The first kappa shape index (κ1) is 21.2. The SMILES string of the molecule is COc1ccc(CN2C(=O)CN(C3CCCCC3)C(=O)C2c2ccc(OC)cc2)cc1. The van der Waals surface area contributed by atoms with Crippen LogP contribution in [0, 0.1) is 0 Å². The summed E-state index contributed by atoms with van der Waals surface area (Å²) in [5, 5.41) is 0. The average molecular weight is 423 g/mol. The Kier molecular flexibility index (Phi) is 6.44. The maximum Gasteiger partial charge on any atom is 0.250 e. The van der Waals surface area contributed by atoms with Crippen LogP contribution in [0.25, 0.3) is 0 Å². The van der Waals surface area contributed by atoms with Gasteiger partial charge >= 0.3 is 0 Å². The van der Waals surface area contributed by atoms with Gasteiger partial charge in [-0.25, -0.2) is 0 Å². The predicted molar refractivity (Wildman–Crippen MR) is 118 cm³/mol. The Morgan fingerprint density at radius 1 is 0.839 bits per heavy atom. The molecule has 2 aromatic rings. The van der Waals surface area contributed by atoms with E-state index < -0.39 is 6.04 Å². The number of ether oxygens (including phenoxy) is 2. The van der Waals surface area contributed by atoms with E-state index in [-0.39, 0.29) is 24.4 Å². The van der Waals surface area contributed by atoms with Gasteiger partial charge in [0.2, 0.25) is 5.91 Å². The van der Waals surface area contributed by atoms with Gasteiger partial charge in [0.25, 0.3) is 5.91 Å². The Bertz CT molecular complexity index is 904. The fraction of sp³-hybridized carbons (Fsp3) is 0.440. The van der Waals surface area contributed by atoms with Gasteiger partial charge < -0.3 is 19.3 Å². The lowest BCUT2D eigenvalue weighted by Gasteiger charge is -2.44. The van der Waals surface area contributed by atoms with Crippen LogP contribution in [-0.4, -0.2) is 48.4 Å². The van der Waals surface area contributed by atoms with Crippen molar-refractivity contribution >= 4 is 11.8 Å². The minimum atomic E-state index is -0.629. The molecule has 1 aliphatic carbocycles. The molecule has 0 radical (unpaired) electrons. The van der Waals surface area contributed by atoms with Crippen molar-refractivity contribution in [2.75, 3.05) is 20.8 Å². The van der Waals surface area contributed by atoms with E-state index in [4.69, 9.17) is 9.47 Å². The molecule has 2 aromatic carbocycles. The van der Waals surface area contributed by atoms with Gasteiger partial charge in [-0.05, 0) is 48.2 Å². The molecule has 2 aliphatic rings. The third-order valence-electron chi connectivity index (χ3n) is 6.41. The molecule has 0 spiro atoms. The number of carbonyl (C=O) groups excluding carboxylic acids is 2. The molecule has 0 N–H and O–H groups in total. The van der Waals surface area contributed by atoms with Crippen molar-refractivity contribution in [2.45, 2.75) is 50.7 Å².